The summed E-state index contributed by atoms with van der Waals surface area (Å²) in [5.74, 6) is 0. The van der Waals surface area contributed by atoms with E-state index < -0.39 is 0 Å². The fourth-order valence-corrected chi connectivity index (χ4v) is 0. The standard InChI is InChI=1S/2C4H9O.Fe/c2*1-3-4(2)5;/h2*4H,3H2,1-2H3;/q2*-1;+2. The van der Waals surface area contributed by atoms with Crippen LogP contribution in [0.3, 0.4) is 0 Å². The zero-order valence-corrected chi connectivity index (χ0v) is 8.84. The molecule has 0 radical (unpaired) electrons. The minimum atomic E-state index is -0.366. The average molecular weight is 202 g/mol. The first kappa shape index (κ1) is 17.5. The molecule has 0 saturated carbocycles. The molecular formula is C8H18FeO2. The summed E-state index contributed by atoms with van der Waals surface area (Å²) in [7, 11) is 0. The Morgan fingerprint density at radius 3 is 1.00 bits per heavy atom. The van der Waals surface area contributed by atoms with Gasteiger partial charge in [-0.2, -0.15) is 0 Å². The molecule has 0 rings (SSSR count). The molecule has 0 aromatic rings. The second-order valence-corrected chi connectivity index (χ2v) is 2.44. The van der Waals surface area contributed by atoms with E-state index in [9.17, 15) is 10.2 Å². The molecule has 0 N–H and O–H groups in total. The molecule has 0 aliphatic rings. The topological polar surface area (TPSA) is 46.1 Å². The second-order valence-electron chi connectivity index (χ2n) is 2.44. The largest absolute Gasteiger partial charge is 2.00 e. The minimum Gasteiger partial charge on any atom is -0.852 e. The maximum Gasteiger partial charge on any atom is 2.00 e. The molecule has 11 heavy (non-hydrogen) atoms. The summed E-state index contributed by atoms with van der Waals surface area (Å²) >= 11 is 0. The third kappa shape index (κ3) is 37.7. The molecule has 0 fully saturated rings. The van der Waals surface area contributed by atoms with Gasteiger partial charge in [0.2, 0.25) is 0 Å². The fourth-order valence-electron chi connectivity index (χ4n) is 0. The Kier molecular flexibility index (Phi) is 20.8. The Bertz CT molecular complexity index is 48.1. The Balaban J connectivity index is -0.000000107. The monoisotopic (exact) mass is 202 g/mol. The van der Waals surface area contributed by atoms with Gasteiger partial charge in [-0.15, -0.1) is 12.2 Å². The molecule has 0 spiro atoms. The third-order valence-corrected chi connectivity index (χ3v) is 1.15. The molecule has 0 bridgehead atoms. The predicted octanol–water partition coefficient (Wildman–Crippen LogP) is 0.288. The van der Waals surface area contributed by atoms with Gasteiger partial charge in [0.05, 0.1) is 0 Å². The molecule has 0 aromatic carbocycles. The van der Waals surface area contributed by atoms with Crippen LogP contribution in [0.5, 0.6) is 0 Å². The van der Waals surface area contributed by atoms with E-state index in [0.29, 0.717) is 0 Å². The summed E-state index contributed by atoms with van der Waals surface area (Å²) in [6.45, 7) is 7.11. The first-order valence-electron chi connectivity index (χ1n) is 3.86. The number of hydrogen-bond donors (Lipinski definition) is 0. The molecule has 0 aliphatic heterocycles. The summed E-state index contributed by atoms with van der Waals surface area (Å²) in [4.78, 5) is 0. The molecule has 2 atom stereocenters. The van der Waals surface area contributed by atoms with Gasteiger partial charge in [-0.05, 0) is 0 Å². The van der Waals surface area contributed by atoms with E-state index in [1.807, 2.05) is 13.8 Å². The maximum absolute atomic E-state index is 9.90. The Morgan fingerprint density at radius 2 is 1.00 bits per heavy atom. The van der Waals surface area contributed by atoms with E-state index in [1.165, 1.54) is 0 Å². The zero-order valence-electron chi connectivity index (χ0n) is 7.74. The molecule has 3 heteroatoms. The van der Waals surface area contributed by atoms with Crippen LogP contribution in [0.4, 0.5) is 0 Å². The number of hydrogen-bond acceptors (Lipinski definition) is 2. The fraction of sp³-hybridized carbons (Fsp3) is 1.00. The summed E-state index contributed by atoms with van der Waals surface area (Å²) in [5, 5.41) is 19.8. The van der Waals surface area contributed by atoms with E-state index in [2.05, 4.69) is 0 Å². The van der Waals surface area contributed by atoms with Crippen LogP contribution in [0.2, 0.25) is 0 Å². The van der Waals surface area contributed by atoms with E-state index in [-0.39, 0.29) is 29.3 Å². The first-order chi connectivity index (χ1) is 4.54. The van der Waals surface area contributed by atoms with Gasteiger partial charge >= 0.3 is 17.1 Å². The van der Waals surface area contributed by atoms with Crippen LogP contribution in [-0.4, -0.2) is 12.2 Å². The SMILES string of the molecule is CCC(C)[O-].CCC(C)[O-].[Fe+2]. The molecule has 0 heterocycles. The van der Waals surface area contributed by atoms with Crippen LogP contribution < -0.4 is 10.2 Å². The molecule has 0 aliphatic carbocycles. The molecule has 2 nitrogen and oxygen atoms in total. The van der Waals surface area contributed by atoms with Gasteiger partial charge in [0, 0.05) is 0 Å². The average Bonchev–Trinajstić information content (AvgIpc) is 1.89. The van der Waals surface area contributed by atoms with Crippen LogP contribution >= 0.6 is 0 Å². The summed E-state index contributed by atoms with van der Waals surface area (Å²) in [5.41, 5.74) is 0. The van der Waals surface area contributed by atoms with E-state index in [4.69, 9.17) is 0 Å². The van der Waals surface area contributed by atoms with Crippen molar-refractivity contribution in [2.24, 2.45) is 0 Å². The van der Waals surface area contributed by atoms with Crippen LogP contribution in [-0.2, 0) is 17.1 Å². The van der Waals surface area contributed by atoms with Crippen molar-refractivity contribution in [3.63, 3.8) is 0 Å². The van der Waals surface area contributed by atoms with E-state index in [0.717, 1.165) is 12.8 Å². The van der Waals surface area contributed by atoms with Crippen molar-refractivity contribution in [1.29, 1.82) is 0 Å². The molecule has 2 unspecified atom stereocenters. The quantitative estimate of drug-likeness (QED) is 0.604. The normalized spacial score (nSPS) is 13.6. The summed E-state index contributed by atoms with van der Waals surface area (Å²) < 4.78 is 0. The maximum atomic E-state index is 9.90. The Hall–Kier alpha value is 0.439. The predicted molar refractivity (Wildman–Crippen MR) is 39.5 cm³/mol. The van der Waals surface area contributed by atoms with Crippen molar-refractivity contribution in [1.82, 2.24) is 0 Å². The van der Waals surface area contributed by atoms with Crippen molar-refractivity contribution in [2.75, 3.05) is 0 Å². The van der Waals surface area contributed by atoms with Crippen LogP contribution in [0.25, 0.3) is 0 Å². The molecule has 0 amide bonds. The van der Waals surface area contributed by atoms with Gasteiger partial charge in [-0.3, -0.25) is 0 Å². The van der Waals surface area contributed by atoms with Gasteiger partial charge in [0.25, 0.3) is 0 Å². The molecular weight excluding hydrogens is 184 g/mol. The van der Waals surface area contributed by atoms with Crippen LogP contribution in [0, 0.1) is 0 Å². The Labute approximate surface area is 80.5 Å². The zero-order chi connectivity index (χ0) is 8.57. The van der Waals surface area contributed by atoms with Crippen LogP contribution in [0.1, 0.15) is 40.5 Å². The van der Waals surface area contributed by atoms with Crippen molar-refractivity contribution in [3.8, 4) is 0 Å². The first-order valence-corrected chi connectivity index (χ1v) is 3.86. The van der Waals surface area contributed by atoms with Gasteiger partial charge < -0.3 is 10.2 Å². The van der Waals surface area contributed by atoms with Gasteiger partial charge in [0.1, 0.15) is 0 Å². The van der Waals surface area contributed by atoms with Crippen molar-refractivity contribution in [2.45, 2.75) is 52.7 Å². The molecule has 0 saturated heterocycles. The van der Waals surface area contributed by atoms with E-state index in [1.54, 1.807) is 13.8 Å². The molecule has 70 valence electrons. The van der Waals surface area contributed by atoms with Gasteiger partial charge in [0.15, 0.2) is 0 Å². The minimum absolute atomic E-state index is 0. The van der Waals surface area contributed by atoms with E-state index >= 15 is 0 Å². The third-order valence-electron chi connectivity index (χ3n) is 1.15. The Morgan fingerprint density at radius 1 is 0.909 bits per heavy atom. The summed E-state index contributed by atoms with van der Waals surface area (Å²) in [6, 6.07) is 0. The smallest absolute Gasteiger partial charge is 0.852 e. The van der Waals surface area contributed by atoms with Crippen LogP contribution in [0.15, 0.2) is 0 Å². The number of rotatable bonds is 2. The molecule has 0 aromatic heterocycles. The second kappa shape index (κ2) is 13.1. The van der Waals surface area contributed by atoms with Gasteiger partial charge in [-0.1, -0.05) is 40.5 Å². The van der Waals surface area contributed by atoms with Crippen molar-refractivity contribution < 1.29 is 27.3 Å². The van der Waals surface area contributed by atoms with Crippen molar-refractivity contribution in [3.05, 3.63) is 0 Å². The van der Waals surface area contributed by atoms with Gasteiger partial charge in [-0.25, -0.2) is 0 Å². The summed E-state index contributed by atoms with van der Waals surface area (Å²) in [6.07, 6.45) is 0.769. The van der Waals surface area contributed by atoms with Crippen molar-refractivity contribution >= 4 is 0 Å².